The molecule has 19 heavy (non-hydrogen) atoms. The van der Waals surface area contributed by atoms with Crippen molar-refractivity contribution in [3.63, 3.8) is 0 Å². The minimum atomic E-state index is -0.138. The highest BCUT2D eigenvalue weighted by Gasteiger charge is 2.32. The number of benzene rings is 2. The molecule has 3 rings (SSSR count). The summed E-state index contributed by atoms with van der Waals surface area (Å²) >= 11 is 6.10. The topological polar surface area (TPSA) is 44.2 Å². The molecule has 0 saturated carbocycles. The molecule has 0 unspecified atom stereocenters. The second-order valence-corrected chi connectivity index (χ2v) is 4.78. The lowest BCUT2D eigenvalue weighted by atomic mass is 10.1. The van der Waals surface area contributed by atoms with Gasteiger partial charge in [0.15, 0.2) is 0 Å². The van der Waals surface area contributed by atoms with Gasteiger partial charge in [-0.1, -0.05) is 48.0 Å². The van der Waals surface area contributed by atoms with Gasteiger partial charge in [-0.2, -0.15) is 0 Å². The Hall–Kier alpha value is -2.13. The minimum absolute atomic E-state index is 0.138. The summed E-state index contributed by atoms with van der Waals surface area (Å²) in [5.74, 6) is 0.0982. The van der Waals surface area contributed by atoms with Gasteiger partial charge in [0.05, 0.1) is 12.1 Å². The van der Waals surface area contributed by atoms with Crippen LogP contribution in [-0.4, -0.2) is 16.6 Å². The van der Waals surface area contributed by atoms with Gasteiger partial charge in [-0.25, -0.2) is 0 Å². The molecule has 0 fully saturated rings. The quantitative estimate of drug-likeness (QED) is 0.894. The van der Waals surface area contributed by atoms with Gasteiger partial charge >= 0.3 is 0 Å². The molecule has 0 spiro atoms. The molecule has 0 atom stereocenters. The number of amidine groups is 1. The second-order valence-electron chi connectivity index (χ2n) is 4.38. The average molecular weight is 271 g/mol. The van der Waals surface area contributed by atoms with Crippen LogP contribution in [0.15, 0.2) is 48.5 Å². The fourth-order valence-corrected chi connectivity index (χ4v) is 2.41. The van der Waals surface area contributed by atoms with E-state index < -0.39 is 0 Å². The molecular formula is C15H11ClN2O. The molecule has 1 amide bonds. The van der Waals surface area contributed by atoms with Crippen molar-refractivity contribution >= 4 is 23.3 Å². The third-order valence-electron chi connectivity index (χ3n) is 3.21. The van der Waals surface area contributed by atoms with Crippen LogP contribution in [0, 0.1) is 5.41 Å². The highest BCUT2D eigenvalue weighted by atomic mass is 35.5. The lowest BCUT2D eigenvalue weighted by Gasteiger charge is -2.16. The van der Waals surface area contributed by atoms with E-state index in [2.05, 4.69) is 0 Å². The van der Waals surface area contributed by atoms with Crippen molar-refractivity contribution in [2.24, 2.45) is 0 Å². The highest BCUT2D eigenvalue weighted by molar-refractivity contribution is 6.31. The maximum absolute atomic E-state index is 12.3. The van der Waals surface area contributed by atoms with E-state index in [-0.39, 0.29) is 11.7 Å². The van der Waals surface area contributed by atoms with Crippen molar-refractivity contribution in [2.45, 2.75) is 6.54 Å². The van der Waals surface area contributed by atoms with E-state index in [0.717, 1.165) is 5.56 Å². The van der Waals surface area contributed by atoms with Gasteiger partial charge in [0.1, 0.15) is 5.84 Å². The summed E-state index contributed by atoms with van der Waals surface area (Å²) in [5.41, 5.74) is 2.11. The molecule has 0 bridgehead atoms. The summed E-state index contributed by atoms with van der Waals surface area (Å²) in [5, 5.41) is 8.71. The van der Waals surface area contributed by atoms with E-state index in [1.54, 1.807) is 18.2 Å². The van der Waals surface area contributed by atoms with E-state index >= 15 is 0 Å². The first kappa shape index (κ1) is 11.9. The molecule has 94 valence electrons. The van der Waals surface area contributed by atoms with Crippen LogP contribution in [0.2, 0.25) is 5.02 Å². The molecule has 0 saturated heterocycles. The number of carbonyl (C=O) groups is 1. The van der Waals surface area contributed by atoms with Crippen LogP contribution >= 0.6 is 11.6 Å². The lowest BCUT2D eigenvalue weighted by Crippen LogP contribution is -2.29. The van der Waals surface area contributed by atoms with Crippen LogP contribution in [0.4, 0.5) is 0 Å². The SMILES string of the molecule is N=C1c2ccccc2C(=O)N1Cc1ccccc1Cl. The zero-order valence-electron chi connectivity index (χ0n) is 10.1. The Morgan fingerprint density at radius 1 is 1.00 bits per heavy atom. The number of hydrogen-bond acceptors (Lipinski definition) is 2. The first-order chi connectivity index (χ1) is 9.18. The van der Waals surface area contributed by atoms with Crippen LogP contribution in [0.25, 0.3) is 0 Å². The number of nitrogens with one attached hydrogen (secondary N) is 1. The number of fused-ring (bicyclic) bond motifs is 1. The van der Waals surface area contributed by atoms with Gasteiger partial charge < -0.3 is 0 Å². The van der Waals surface area contributed by atoms with Crippen LogP contribution in [0.5, 0.6) is 0 Å². The average Bonchev–Trinajstić information content (AvgIpc) is 2.67. The zero-order chi connectivity index (χ0) is 13.4. The van der Waals surface area contributed by atoms with Crippen molar-refractivity contribution in [3.8, 4) is 0 Å². The largest absolute Gasteiger partial charge is 0.288 e. The third-order valence-corrected chi connectivity index (χ3v) is 3.58. The number of nitrogens with zero attached hydrogens (tertiary/aromatic N) is 1. The number of halogens is 1. The molecular weight excluding hydrogens is 260 g/mol. The van der Waals surface area contributed by atoms with Crippen LogP contribution in [0.3, 0.4) is 0 Å². The Kier molecular flexibility index (Phi) is 2.84. The van der Waals surface area contributed by atoms with E-state index in [0.29, 0.717) is 22.7 Å². The van der Waals surface area contributed by atoms with Gasteiger partial charge in [-0.05, 0) is 17.7 Å². The van der Waals surface area contributed by atoms with E-state index in [1.165, 1.54) is 4.90 Å². The summed E-state index contributed by atoms with van der Waals surface area (Å²) in [6.45, 7) is 0.325. The molecule has 0 aliphatic carbocycles. The molecule has 0 aromatic heterocycles. The Morgan fingerprint density at radius 3 is 2.32 bits per heavy atom. The van der Waals surface area contributed by atoms with Gasteiger partial charge in [0, 0.05) is 10.6 Å². The maximum Gasteiger partial charge on any atom is 0.260 e. The van der Waals surface area contributed by atoms with Crippen LogP contribution in [-0.2, 0) is 6.54 Å². The number of rotatable bonds is 2. The lowest BCUT2D eigenvalue weighted by molar-refractivity contribution is 0.0852. The van der Waals surface area contributed by atoms with Gasteiger partial charge in [0.2, 0.25) is 0 Å². The molecule has 1 N–H and O–H groups in total. The molecule has 3 nitrogen and oxygen atoms in total. The van der Waals surface area contributed by atoms with Gasteiger partial charge in [-0.15, -0.1) is 0 Å². The number of amides is 1. The zero-order valence-corrected chi connectivity index (χ0v) is 10.8. The monoisotopic (exact) mass is 270 g/mol. The van der Waals surface area contributed by atoms with Crippen molar-refractivity contribution in [1.29, 1.82) is 5.41 Å². The summed E-state index contributed by atoms with van der Waals surface area (Å²) in [7, 11) is 0. The third kappa shape index (κ3) is 1.92. The minimum Gasteiger partial charge on any atom is -0.288 e. The second kappa shape index (κ2) is 4.52. The molecule has 1 heterocycles. The van der Waals surface area contributed by atoms with E-state index in [1.807, 2.05) is 30.3 Å². The number of hydrogen-bond donors (Lipinski definition) is 1. The fourth-order valence-electron chi connectivity index (χ4n) is 2.22. The first-order valence-corrected chi connectivity index (χ1v) is 6.29. The van der Waals surface area contributed by atoms with Crippen LogP contribution in [0.1, 0.15) is 21.5 Å². The summed E-state index contributed by atoms with van der Waals surface area (Å²) < 4.78 is 0. The Balaban J connectivity index is 1.95. The summed E-state index contributed by atoms with van der Waals surface area (Å²) in [4.78, 5) is 13.7. The first-order valence-electron chi connectivity index (χ1n) is 5.91. The summed E-state index contributed by atoms with van der Waals surface area (Å²) in [6.07, 6.45) is 0. The van der Waals surface area contributed by atoms with Crippen LogP contribution < -0.4 is 0 Å². The molecule has 1 aliphatic rings. The van der Waals surface area contributed by atoms with Gasteiger partial charge in [0.25, 0.3) is 5.91 Å². The Morgan fingerprint density at radius 2 is 1.63 bits per heavy atom. The Bertz CT molecular complexity index is 646. The normalized spacial score (nSPS) is 13.8. The van der Waals surface area contributed by atoms with Crippen molar-refractivity contribution in [3.05, 3.63) is 70.2 Å². The Labute approximate surface area is 115 Å². The smallest absolute Gasteiger partial charge is 0.260 e. The predicted octanol–water partition coefficient (Wildman–Crippen LogP) is 3.32. The molecule has 2 aromatic rings. The molecule has 4 heteroatoms. The summed E-state index contributed by atoms with van der Waals surface area (Å²) in [6, 6.07) is 14.6. The fraction of sp³-hybridized carbons (Fsp3) is 0.0667. The van der Waals surface area contributed by atoms with Gasteiger partial charge in [-0.3, -0.25) is 15.1 Å². The molecule has 0 radical (unpaired) electrons. The standard InChI is InChI=1S/C15H11ClN2O/c16-13-8-4-1-5-10(13)9-18-14(17)11-6-2-3-7-12(11)15(18)19/h1-8,17H,9H2. The molecule has 2 aromatic carbocycles. The highest BCUT2D eigenvalue weighted by Crippen LogP contribution is 2.26. The predicted molar refractivity (Wildman–Crippen MR) is 74.6 cm³/mol. The molecule has 1 aliphatic heterocycles. The maximum atomic E-state index is 12.3. The van der Waals surface area contributed by atoms with Crippen molar-refractivity contribution < 1.29 is 4.79 Å². The van der Waals surface area contributed by atoms with Crippen molar-refractivity contribution in [2.75, 3.05) is 0 Å². The van der Waals surface area contributed by atoms with Crippen molar-refractivity contribution in [1.82, 2.24) is 4.90 Å². The van der Waals surface area contributed by atoms with E-state index in [9.17, 15) is 4.79 Å². The van der Waals surface area contributed by atoms with E-state index in [4.69, 9.17) is 17.0 Å². The number of carbonyl (C=O) groups excluding carboxylic acids is 1.